The number of aromatic nitrogens is 1. The summed E-state index contributed by atoms with van der Waals surface area (Å²) < 4.78 is 0. The molecule has 0 amide bonds. The molecule has 0 unspecified atom stereocenters. The fourth-order valence-electron chi connectivity index (χ4n) is 5.20. The molecule has 0 spiro atoms. The smallest absolute Gasteiger partial charge is 0.123 e. The van der Waals surface area contributed by atoms with Crippen molar-refractivity contribution in [2.24, 2.45) is 0 Å². The Morgan fingerprint density at radius 3 is 2.20 bits per heavy atom. The predicted molar refractivity (Wildman–Crippen MR) is 149 cm³/mol. The molecule has 4 heteroatoms. The van der Waals surface area contributed by atoms with E-state index in [1.165, 1.54) is 47.2 Å². The zero-order valence-electron chi connectivity index (χ0n) is 22.5. The zero-order valence-corrected chi connectivity index (χ0v) is 22.5. The molecule has 0 saturated carbocycles. The van der Waals surface area contributed by atoms with Crippen LogP contribution in [0.25, 0.3) is 10.9 Å². The normalized spacial score (nSPS) is 14.6. The van der Waals surface area contributed by atoms with E-state index in [2.05, 4.69) is 88.6 Å². The Balaban J connectivity index is 1.48. The van der Waals surface area contributed by atoms with E-state index in [1.807, 2.05) is 0 Å². The van der Waals surface area contributed by atoms with Crippen LogP contribution in [0.3, 0.4) is 0 Å². The number of aryl methyl sites for hydroxylation is 1. The Kier molecular flexibility index (Phi) is 7.42. The van der Waals surface area contributed by atoms with Gasteiger partial charge in [0.05, 0.1) is 5.52 Å². The molecule has 1 heterocycles. The van der Waals surface area contributed by atoms with E-state index < -0.39 is 0 Å². The molecule has 1 aromatic heterocycles. The average Bonchev–Trinajstić information content (AvgIpc) is 3.03. The van der Waals surface area contributed by atoms with Crippen molar-refractivity contribution >= 4 is 16.6 Å². The van der Waals surface area contributed by atoms with Gasteiger partial charge in [-0.2, -0.15) is 0 Å². The Morgan fingerprint density at radius 2 is 1.51 bits per heavy atom. The van der Waals surface area contributed by atoms with Gasteiger partial charge < -0.3 is 15.7 Å². The lowest BCUT2D eigenvalue weighted by Crippen LogP contribution is -2.24. The first-order chi connectivity index (χ1) is 16.6. The van der Waals surface area contributed by atoms with Crippen molar-refractivity contribution in [3.8, 4) is 5.75 Å². The Morgan fingerprint density at radius 1 is 0.857 bits per heavy atom. The van der Waals surface area contributed by atoms with Crippen LogP contribution in [0.2, 0.25) is 0 Å². The van der Waals surface area contributed by atoms with Crippen LogP contribution in [0, 0.1) is 0 Å². The number of fused-ring (bicyclic) bond motifs is 2. The number of para-hydroxylation sites is 1. The fraction of sp³-hybridized carbons (Fsp3) is 0.516. The van der Waals surface area contributed by atoms with Gasteiger partial charge in [-0.3, -0.25) is 4.98 Å². The summed E-state index contributed by atoms with van der Waals surface area (Å²) in [6.45, 7) is 15.5. The standard InChI is InChI=1S/C31H43N3O/c1-30(2,3)24-18-21(19-25(29(24)35)31(4,5)6)20-32-16-17-33-28-22-12-8-7-9-14-26(22)34-27-15-11-10-13-23(27)28/h10-11,13,15,18-19,32,35H,7-9,12,14,16-17,20H2,1-6H3,(H,33,34). The van der Waals surface area contributed by atoms with E-state index in [-0.39, 0.29) is 10.8 Å². The van der Waals surface area contributed by atoms with E-state index in [9.17, 15) is 5.11 Å². The van der Waals surface area contributed by atoms with Crippen molar-refractivity contribution in [1.29, 1.82) is 0 Å². The van der Waals surface area contributed by atoms with E-state index in [0.717, 1.165) is 49.1 Å². The number of aromatic hydroxyl groups is 1. The largest absolute Gasteiger partial charge is 0.507 e. The van der Waals surface area contributed by atoms with Crippen LogP contribution in [-0.4, -0.2) is 23.2 Å². The van der Waals surface area contributed by atoms with Gasteiger partial charge in [0, 0.05) is 36.4 Å². The van der Waals surface area contributed by atoms with Crippen LogP contribution in [0.1, 0.15) is 88.8 Å². The fourth-order valence-corrected chi connectivity index (χ4v) is 5.20. The maximum atomic E-state index is 11.0. The van der Waals surface area contributed by atoms with Crippen LogP contribution in [0.15, 0.2) is 36.4 Å². The summed E-state index contributed by atoms with van der Waals surface area (Å²) in [5.74, 6) is 0.445. The van der Waals surface area contributed by atoms with Gasteiger partial charge in [0.1, 0.15) is 5.75 Å². The molecule has 0 saturated heterocycles. The quantitative estimate of drug-likeness (QED) is 0.266. The summed E-state index contributed by atoms with van der Waals surface area (Å²) >= 11 is 0. The third-order valence-corrected chi connectivity index (χ3v) is 7.14. The summed E-state index contributed by atoms with van der Waals surface area (Å²) in [5, 5.41) is 19.6. The van der Waals surface area contributed by atoms with Gasteiger partial charge in [-0.25, -0.2) is 0 Å². The highest BCUT2D eigenvalue weighted by Crippen LogP contribution is 2.39. The van der Waals surface area contributed by atoms with Crippen molar-refractivity contribution in [3.05, 3.63) is 64.3 Å². The first kappa shape index (κ1) is 25.5. The van der Waals surface area contributed by atoms with Gasteiger partial charge in [0.15, 0.2) is 0 Å². The lowest BCUT2D eigenvalue weighted by molar-refractivity contribution is 0.422. The van der Waals surface area contributed by atoms with Crippen molar-refractivity contribution in [1.82, 2.24) is 10.3 Å². The molecule has 4 rings (SSSR count). The first-order valence-electron chi connectivity index (χ1n) is 13.3. The Labute approximate surface area is 211 Å². The zero-order chi connectivity index (χ0) is 25.2. The molecule has 35 heavy (non-hydrogen) atoms. The molecule has 0 aliphatic heterocycles. The number of phenolic OH excluding ortho intramolecular Hbond substituents is 1. The summed E-state index contributed by atoms with van der Waals surface area (Å²) in [5.41, 5.74) is 8.12. The highest BCUT2D eigenvalue weighted by Gasteiger charge is 2.26. The predicted octanol–water partition coefficient (Wildman–Crippen LogP) is 7.01. The second-order valence-electron chi connectivity index (χ2n) is 12.1. The first-order valence-corrected chi connectivity index (χ1v) is 13.3. The number of hydrogen-bond acceptors (Lipinski definition) is 4. The Hall–Kier alpha value is -2.59. The molecule has 0 fully saturated rings. The van der Waals surface area contributed by atoms with Crippen molar-refractivity contribution in [3.63, 3.8) is 0 Å². The summed E-state index contributed by atoms with van der Waals surface area (Å²) in [6.07, 6.45) is 5.96. The number of pyridine rings is 1. The van der Waals surface area contributed by atoms with Crippen LogP contribution in [0.5, 0.6) is 5.75 Å². The molecule has 3 N–H and O–H groups in total. The van der Waals surface area contributed by atoms with Gasteiger partial charge in [-0.15, -0.1) is 0 Å². The topological polar surface area (TPSA) is 57.2 Å². The molecule has 3 aromatic rings. The highest BCUT2D eigenvalue weighted by molar-refractivity contribution is 5.93. The minimum Gasteiger partial charge on any atom is -0.507 e. The molecular formula is C31H43N3O. The Bertz CT molecular complexity index is 1150. The summed E-state index contributed by atoms with van der Waals surface area (Å²) in [7, 11) is 0. The van der Waals surface area contributed by atoms with Crippen LogP contribution in [-0.2, 0) is 30.2 Å². The second-order valence-corrected chi connectivity index (χ2v) is 12.1. The third-order valence-electron chi connectivity index (χ3n) is 7.14. The maximum absolute atomic E-state index is 11.0. The summed E-state index contributed by atoms with van der Waals surface area (Å²) in [6, 6.07) is 12.9. The number of hydrogen-bond donors (Lipinski definition) is 3. The number of phenols is 1. The molecule has 0 atom stereocenters. The van der Waals surface area contributed by atoms with E-state index in [1.54, 1.807) is 0 Å². The molecular weight excluding hydrogens is 430 g/mol. The number of nitrogens with one attached hydrogen (secondary N) is 2. The van der Waals surface area contributed by atoms with Crippen molar-refractivity contribution < 1.29 is 5.11 Å². The molecule has 4 nitrogen and oxygen atoms in total. The minimum atomic E-state index is -0.109. The van der Waals surface area contributed by atoms with Gasteiger partial charge in [-0.1, -0.05) is 78.3 Å². The number of benzene rings is 2. The SMILES string of the molecule is CC(C)(C)c1cc(CNCCNc2c3c(nc4ccccc24)CCCCC3)cc(C(C)(C)C)c1O. The van der Waals surface area contributed by atoms with Gasteiger partial charge in [-0.05, 0) is 64.8 Å². The van der Waals surface area contributed by atoms with Crippen LogP contribution in [0.4, 0.5) is 5.69 Å². The van der Waals surface area contributed by atoms with Gasteiger partial charge in [0.25, 0.3) is 0 Å². The summed E-state index contributed by atoms with van der Waals surface area (Å²) in [4.78, 5) is 5.01. The van der Waals surface area contributed by atoms with Crippen LogP contribution >= 0.6 is 0 Å². The van der Waals surface area contributed by atoms with Crippen LogP contribution < -0.4 is 10.6 Å². The molecule has 1 aliphatic carbocycles. The monoisotopic (exact) mass is 473 g/mol. The van der Waals surface area contributed by atoms with E-state index >= 15 is 0 Å². The van der Waals surface area contributed by atoms with Crippen molar-refractivity contribution in [2.45, 2.75) is 91.0 Å². The average molecular weight is 474 g/mol. The lowest BCUT2D eigenvalue weighted by Gasteiger charge is -2.28. The maximum Gasteiger partial charge on any atom is 0.123 e. The molecule has 1 aliphatic rings. The van der Waals surface area contributed by atoms with Crippen molar-refractivity contribution in [2.75, 3.05) is 18.4 Å². The van der Waals surface area contributed by atoms with Gasteiger partial charge in [0.2, 0.25) is 0 Å². The number of nitrogens with zero attached hydrogens (tertiary/aromatic N) is 1. The second kappa shape index (κ2) is 10.2. The van der Waals surface area contributed by atoms with Gasteiger partial charge >= 0.3 is 0 Å². The molecule has 2 aromatic carbocycles. The third kappa shape index (κ3) is 5.81. The number of anilines is 1. The highest BCUT2D eigenvalue weighted by atomic mass is 16.3. The minimum absolute atomic E-state index is 0.109. The van der Waals surface area contributed by atoms with E-state index in [0.29, 0.717) is 5.75 Å². The van der Waals surface area contributed by atoms with E-state index in [4.69, 9.17) is 4.98 Å². The molecule has 0 radical (unpaired) electrons. The lowest BCUT2D eigenvalue weighted by atomic mass is 9.78. The molecule has 188 valence electrons. The number of rotatable bonds is 6. The molecule has 0 bridgehead atoms.